The summed E-state index contributed by atoms with van der Waals surface area (Å²) >= 11 is 0. The number of fused-ring (bicyclic) bond motifs is 1. The SMILES string of the molecule is CC1(C)O[C@H]2C=CC(=O)O[C@H]2[C@@H](CO)O1. The molecule has 5 heteroatoms. The number of ether oxygens (including phenoxy) is 3. The van der Waals surface area contributed by atoms with Crippen molar-refractivity contribution in [2.75, 3.05) is 6.61 Å². The fraction of sp³-hybridized carbons (Fsp3) is 0.700. The molecule has 1 fully saturated rings. The van der Waals surface area contributed by atoms with Crippen molar-refractivity contribution in [3.63, 3.8) is 0 Å². The number of esters is 1. The average Bonchev–Trinajstić information content (AvgIpc) is 2.16. The fourth-order valence-electron chi connectivity index (χ4n) is 1.85. The van der Waals surface area contributed by atoms with Crippen molar-refractivity contribution < 1.29 is 24.1 Å². The molecule has 2 heterocycles. The van der Waals surface area contributed by atoms with Crippen LogP contribution in [0.2, 0.25) is 0 Å². The molecule has 0 radical (unpaired) electrons. The van der Waals surface area contributed by atoms with Crippen LogP contribution in [0.4, 0.5) is 0 Å². The number of hydrogen-bond donors (Lipinski definition) is 1. The van der Waals surface area contributed by atoms with Crippen LogP contribution in [-0.4, -0.2) is 41.8 Å². The Hall–Kier alpha value is -0.910. The third-order valence-corrected chi connectivity index (χ3v) is 2.40. The molecule has 0 aromatic rings. The number of carbonyl (C=O) groups is 1. The van der Waals surface area contributed by atoms with E-state index >= 15 is 0 Å². The molecule has 0 saturated carbocycles. The first-order chi connectivity index (χ1) is 7.02. The molecule has 0 unspecified atom stereocenters. The first-order valence-electron chi connectivity index (χ1n) is 4.87. The molecule has 1 N–H and O–H groups in total. The molecule has 3 atom stereocenters. The third-order valence-electron chi connectivity index (χ3n) is 2.40. The summed E-state index contributed by atoms with van der Waals surface area (Å²) in [5, 5.41) is 9.15. The van der Waals surface area contributed by atoms with E-state index < -0.39 is 24.0 Å². The second kappa shape index (κ2) is 3.59. The molecule has 0 aromatic heterocycles. The van der Waals surface area contributed by atoms with E-state index in [0.717, 1.165) is 0 Å². The lowest BCUT2D eigenvalue weighted by molar-refractivity contribution is -0.329. The van der Waals surface area contributed by atoms with Crippen molar-refractivity contribution in [2.45, 2.75) is 37.9 Å². The highest BCUT2D eigenvalue weighted by Crippen LogP contribution is 2.31. The zero-order chi connectivity index (χ0) is 11.1. The number of rotatable bonds is 1. The first-order valence-corrected chi connectivity index (χ1v) is 4.87. The quantitative estimate of drug-likeness (QED) is 0.621. The molecular formula is C10H14O5. The van der Waals surface area contributed by atoms with Crippen LogP contribution in [0.25, 0.3) is 0 Å². The van der Waals surface area contributed by atoms with Crippen molar-refractivity contribution >= 4 is 5.97 Å². The first kappa shape index (κ1) is 10.6. The van der Waals surface area contributed by atoms with Crippen molar-refractivity contribution in [1.29, 1.82) is 0 Å². The molecule has 0 spiro atoms. The Bertz CT molecular complexity index is 296. The van der Waals surface area contributed by atoms with Crippen LogP contribution in [0.1, 0.15) is 13.8 Å². The van der Waals surface area contributed by atoms with Crippen molar-refractivity contribution in [2.24, 2.45) is 0 Å². The van der Waals surface area contributed by atoms with Gasteiger partial charge in [-0.25, -0.2) is 4.79 Å². The molecule has 15 heavy (non-hydrogen) atoms. The molecule has 5 nitrogen and oxygen atoms in total. The van der Waals surface area contributed by atoms with Crippen LogP contribution in [0.15, 0.2) is 12.2 Å². The molecule has 1 saturated heterocycles. The van der Waals surface area contributed by atoms with E-state index in [-0.39, 0.29) is 12.7 Å². The lowest BCUT2D eigenvalue weighted by atomic mass is 10.0. The Kier molecular flexibility index (Phi) is 2.54. The van der Waals surface area contributed by atoms with Gasteiger partial charge in [-0.15, -0.1) is 0 Å². The smallest absolute Gasteiger partial charge is 0.330 e. The van der Waals surface area contributed by atoms with Gasteiger partial charge in [0.15, 0.2) is 11.9 Å². The summed E-state index contributed by atoms with van der Waals surface area (Å²) in [6.45, 7) is 3.32. The number of aliphatic hydroxyl groups is 1. The molecule has 0 amide bonds. The van der Waals surface area contributed by atoms with E-state index in [2.05, 4.69) is 0 Å². The highest BCUT2D eigenvalue weighted by atomic mass is 16.7. The van der Waals surface area contributed by atoms with Gasteiger partial charge in [-0.1, -0.05) is 0 Å². The monoisotopic (exact) mass is 214 g/mol. The average molecular weight is 214 g/mol. The van der Waals surface area contributed by atoms with E-state index in [0.29, 0.717) is 0 Å². The molecular weight excluding hydrogens is 200 g/mol. The molecule has 2 aliphatic rings. The maximum Gasteiger partial charge on any atom is 0.330 e. The van der Waals surface area contributed by atoms with E-state index in [1.165, 1.54) is 6.08 Å². The predicted molar refractivity (Wildman–Crippen MR) is 49.9 cm³/mol. The van der Waals surface area contributed by atoms with Gasteiger partial charge in [-0.2, -0.15) is 0 Å². The summed E-state index contributed by atoms with van der Waals surface area (Å²) < 4.78 is 16.1. The topological polar surface area (TPSA) is 65.0 Å². The van der Waals surface area contributed by atoms with Crippen LogP contribution in [0.5, 0.6) is 0 Å². The summed E-state index contributed by atoms with van der Waals surface area (Å²) in [4.78, 5) is 11.0. The van der Waals surface area contributed by atoms with Gasteiger partial charge in [0.25, 0.3) is 0 Å². The zero-order valence-electron chi connectivity index (χ0n) is 8.67. The van der Waals surface area contributed by atoms with Crippen LogP contribution in [0.3, 0.4) is 0 Å². The summed E-state index contributed by atoms with van der Waals surface area (Å²) in [7, 11) is 0. The second-order valence-corrected chi connectivity index (χ2v) is 4.08. The van der Waals surface area contributed by atoms with Crippen LogP contribution >= 0.6 is 0 Å². The largest absolute Gasteiger partial charge is 0.453 e. The molecule has 2 rings (SSSR count). The molecule has 2 aliphatic heterocycles. The summed E-state index contributed by atoms with van der Waals surface area (Å²) in [6.07, 6.45) is 1.54. The minimum absolute atomic E-state index is 0.199. The van der Waals surface area contributed by atoms with Gasteiger partial charge in [-0.3, -0.25) is 0 Å². The van der Waals surface area contributed by atoms with E-state index in [1.807, 2.05) is 0 Å². The minimum Gasteiger partial charge on any atom is -0.453 e. The van der Waals surface area contributed by atoms with Gasteiger partial charge in [0.1, 0.15) is 12.2 Å². The van der Waals surface area contributed by atoms with Crippen LogP contribution in [0, 0.1) is 0 Å². The summed E-state index contributed by atoms with van der Waals surface area (Å²) in [6, 6.07) is 0. The second-order valence-electron chi connectivity index (χ2n) is 4.08. The Morgan fingerprint density at radius 2 is 2.20 bits per heavy atom. The number of aliphatic hydroxyl groups excluding tert-OH is 1. The van der Waals surface area contributed by atoms with Crippen molar-refractivity contribution in [3.05, 3.63) is 12.2 Å². The standard InChI is InChI=1S/C10H14O5/c1-10(2)14-6-3-4-8(12)13-9(6)7(5-11)15-10/h3-4,6-7,9,11H,5H2,1-2H3/t6-,7+,9+/m0/s1. The fourth-order valence-corrected chi connectivity index (χ4v) is 1.85. The lowest BCUT2D eigenvalue weighted by Gasteiger charge is -2.44. The maximum absolute atomic E-state index is 11.0. The number of hydrogen-bond acceptors (Lipinski definition) is 5. The maximum atomic E-state index is 11.0. The molecule has 0 aromatic carbocycles. The predicted octanol–water partition coefficient (Wildman–Crippen LogP) is -0.0196. The highest BCUT2D eigenvalue weighted by Gasteiger charge is 2.45. The van der Waals surface area contributed by atoms with E-state index in [4.69, 9.17) is 19.3 Å². The highest BCUT2D eigenvalue weighted by molar-refractivity contribution is 5.83. The summed E-state index contributed by atoms with van der Waals surface area (Å²) in [5.41, 5.74) is 0. The molecule has 0 bridgehead atoms. The molecule has 0 aliphatic carbocycles. The third kappa shape index (κ3) is 2.04. The summed E-state index contributed by atoms with van der Waals surface area (Å²) in [5.74, 6) is -1.20. The number of carbonyl (C=O) groups excluding carboxylic acids is 1. The van der Waals surface area contributed by atoms with Gasteiger partial charge >= 0.3 is 5.97 Å². The van der Waals surface area contributed by atoms with Gasteiger partial charge in [0.05, 0.1) is 6.61 Å². The van der Waals surface area contributed by atoms with Gasteiger partial charge in [0.2, 0.25) is 0 Å². The Balaban J connectivity index is 2.21. The Morgan fingerprint density at radius 1 is 1.47 bits per heavy atom. The molecule has 84 valence electrons. The zero-order valence-corrected chi connectivity index (χ0v) is 8.67. The Morgan fingerprint density at radius 3 is 2.87 bits per heavy atom. The Labute approximate surface area is 87.6 Å². The van der Waals surface area contributed by atoms with Crippen LogP contribution < -0.4 is 0 Å². The normalized spacial score (nSPS) is 38.3. The van der Waals surface area contributed by atoms with Gasteiger partial charge in [-0.05, 0) is 19.9 Å². The van der Waals surface area contributed by atoms with Crippen LogP contribution in [-0.2, 0) is 19.0 Å². The lowest BCUT2D eigenvalue weighted by Crippen LogP contribution is -2.57. The minimum atomic E-state index is -0.775. The van der Waals surface area contributed by atoms with Crippen molar-refractivity contribution in [3.8, 4) is 0 Å². The van der Waals surface area contributed by atoms with Gasteiger partial charge in [0, 0.05) is 6.08 Å². The van der Waals surface area contributed by atoms with E-state index in [9.17, 15) is 4.79 Å². The van der Waals surface area contributed by atoms with Crippen molar-refractivity contribution in [1.82, 2.24) is 0 Å². The van der Waals surface area contributed by atoms with E-state index in [1.54, 1.807) is 19.9 Å². The van der Waals surface area contributed by atoms with Gasteiger partial charge < -0.3 is 19.3 Å².